The topological polar surface area (TPSA) is 59.5 Å². The van der Waals surface area contributed by atoms with Gasteiger partial charge >= 0.3 is 5.97 Å². The molecular weight excluding hydrogens is 360 g/mol. The van der Waals surface area contributed by atoms with Crippen molar-refractivity contribution in [2.75, 3.05) is 7.11 Å². The van der Waals surface area contributed by atoms with Crippen molar-refractivity contribution < 1.29 is 14.3 Å². The maximum atomic E-state index is 13.1. The van der Waals surface area contributed by atoms with Crippen LogP contribution in [0.3, 0.4) is 0 Å². The Kier molecular flexibility index (Phi) is 4.76. The molecule has 2 bridgehead atoms. The molecule has 27 heavy (non-hydrogen) atoms. The number of hydrogen-bond acceptors (Lipinski definition) is 5. The fourth-order valence-corrected chi connectivity index (χ4v) is 5.42. The summed E-state index contributed by atoms with van der Waals surface area (Å²) in [7, 11) is 1.44. The highest BCUT2D eigenvalue weighted by molar-refractivity contribution is 7.07. The lowest BCUT2D eigenvalue weighted by molar-refractivity contribution is -0.155. The maximum Gasteiger partial charge on any atom is 0.314 e. The van der Waals surface area contributed by atoms with Crippen LogP contribution in [0.5, 0.6) is 0 Å². The second-order valence-electron chi connectivity index (χ2n) is 7.72. The van der Waals surface area contributed by atoms with Crippen LogP contribution in [-0.2, 0) is 27.2 Å². The van der Waals surface area contributed by atoms with Crippen molar-refractivity contribution in [3.05, 3.63) is 52.0 Å². The third-order valence-corrected chi connectivity index (χ3v) is 6.71. The largest absolute Gasteiger partial charge is 0.469 e. The first-order valence-corrected chi connectivity index (χ1v) is 10.3. The zero-order valence-corrected chi connectivity index (χ0v) is 16.5. The Morgan fingerprint density at radius 2 is 2.07 bits per heavy atom. The second kappa shape index (κ2) is 7.08. The van der Waals surface area contributed by atoms with Crippen LogP contribution in [0.2, 0.25) is 0 Å². The van der Waals surface area contributed by atoms with Gasteiger partial charge in [-0.15, -0.1) is 11.3 Å². The SMILES string of the molecule is COC(=O)[C@@]1(Cc2cscn2)C[C@H]2CC[C@@H]1N2C(=O)Cc1ccc(C)cc1. The fourth-order valence-electron chi connectivity index (χ4n) is 4.86. The summed E-state index contributed by atoms with van der Waals surface area (Å²) in [6.07, 6.45) is 3.39. The Morgan fingerprint density at radius 3 is 2.74 bits per heavy atom. The third-order valence-electron chi connectivity index (χ3n) is 6.08. The first kappa shape index (κ1) is 18.2. The van der Waals surface area contributed by atoms with E-state index in [1.165, 1.54) is 24.0 Å². The number of amides is 1. The van der Waals surface area contributed by atoms with Gasteiger partial charge in [0.15, 0.2) is 0 Å². The van der Waals surface area contributed by atoms with Gasteiger partial charge in [-0.05, 0) is 31.7 Å². The molecule has 1 aromatic heterocycles. The first-order chi connectivity index (χ1) is 13.0. The van der Waals surface area contributed by atoms with E-state index in [1.807, 2.05) is 41.5 Å². The fraction of sp³-hybridized carbons (Fsp3) is 0.476. The number of fused-ring (bicyclic) bond motifs is 2. The zero-order chi connectivity index (χ0) is 19.0. The lowest BCUT2D eigenvalue weighted by atomic mass is 9.71. The molecule has 142 valence electrons. The van der Waals surface area contributed by atoms with E-state index in [0.29, 0.717) is 19.3 Å². The van der Waals surface area contributed by atoms with Gasteiger partial charge in [0.1, 0.15) is 0 Å². The van der Waals surface area contributed by atoms with Crippen LogP contribution in [-0.4, -0.2) is 41.0 Å². The van der Waals surface area contributed by atoms with Gasteiger partial charge in [0.2, 0.25) is 5.91 Å². The summed E-state index contributed by atoms with van der Waals surface area (Å²) >= 11 is 1.53. The molecule has 0 radical (unpaired) electrons. The van der Waals surface area contributed by atoms with Crippen molar-refractivity contribution in [3.8, 4) is 0 Å². The predicted molar refractivity (Wildman–Crippen MR) is 103 cm³/mol. The quantitative estimate of drug-likeness (QED) is 0.743. The zero-order valence-electron chi connectivity index (χ0n) is 15.7. The average molecular weight is 385 g/mol. The van der Waals surface area contributed by atoms with E-state index in [1.54, 1.807) is 5.51 Å². The van der Waals surface area contributed by atoms with E-state index < -0.39 is 5.41 Å². The molecule has 2 fully saturated rings. The Labute approximate surface area is 163 Å². The number of rotatable bonds is 5. The summed E-state index contributed by atoms with van der Waals surface area (Å²) in [5, 5.41) is 1.98. The van der Waals surface area contributed by atoms with Gasteiger partial charge in [0, 0.05) is 23.9 Å². The van der Waals surface area contributed by atoms with Crippen LogP contribution in [0.1, 0.15) is 36.1 Å². The summed E-state index contributed by atoms with van der Waals surface area (Å²) in [5.41, 5.74) is 4.21. The van der Waals surface area contributed by atoms with Gasteiger partial charge in [-0.3, -0.25) is 9.59 Å². The summed E-state index contributed by atoms with van der Waals surface area (Å²) in [4.78, 5) is 32.3. The van der Waals surface area contributed by atoms with Crippen molar-refractivity contribution >= 4 is 23.2 Å². The minimum atomic E-state index is -0.672. The highest BCUT2D eigenvalue weighted by atomic mass is 32.1. The lowest BCUT2D eigenvalue weighted by Crippen LogP contribution is -2.47. The molecule has 0 unspecified atom stereocenters. The van der Waals surface area contributed by atoms with E-state index in [9.17, 15) is 9.59 Å². The molecule has 4 rings (SSSR count). The van der Waals surface area contributed by atoms with Gasteiger partial charge in [0.05, 0.1) is 30.2 Å². The monoisotopic (exact) mass is 384 g/mol. The number of hydrogen-bond donors (Lipinski definition) is 0. The first-order valence-electron chi connectivity index (χ1n) is 9.36. The predicted octanol–water partition coefficient (Wildman–Crippen LogP) is 3.16. The molecule has 2 saturated heterocycles. The number of esters is 1. The Hall–Kier alpha value is -2.21. The molecule has 6 heteroatoms. The number of benzene rings is 1. The van der Waals surface area contributed by atoms with Gasteiger partial charge < -0.3 is 9.64 Å². The van der Waals surface area contributed by atoms with Crippen molar-refractivity contribution in [1.82, 2.24) is 9.88 Å². The number of thiazole rings is 1. The van der Waals surface area contributed by atoms with E-state index >= 15 is 0 Å². The highest BCUT2D eigenvalue weighted by Gasteiger charge is 2.61. The van der Waals surface area contributed by atoms with Crippen LogP contribution >= 0.6 is 11.3 Å². The van der Waals surface area contributed by atoms with Gasteiger partial charge in [0.25, 0.3) is 0 Å². The summed E-state index contributed by atoms with van der Waals surface area (Å²) < 4.78 is 5.20. The average Bonchev–Trinajstić information content (AvgIpc) is 3.38. The molecular formula is C21H24N2O3S. The standard InChI is InChI=1S/C21H24N2O3S/c1-14-3-5-15(6-4-14)9-19(24)23-17-7-8-18(23)21(11-17,20(25)26-2)10-16-12-27-13-22-16/h3-6,12-13,17-18H,7-11H2,1-2H3/t17-,18+,21+/m1/s1. The normalized spacial score (nSPS) is 26.4. The number of ether oxygens (including phenoxy) is 1. The smallest absolute Gasteiger partial charge is 0.314 e. The second-order valence-corrected chi connectivity index (χ2v) is 8.44. The highest BCUT2D eigenvalue weighted by Crippen LogP contribution is 2.52. The number of aryl methyl sites for hydroxylation is 1. The number of carbonyl (C=O) groups excluding carboxylic acids is 2. The van der Waals surface area contributed by atoms with Crippen molar-refractivity contribution in [1.29, 1.82) is 0 Å². The molecule has 0 spiro atoms. The van der Waals surface area contributed by atoms with E-state index in [-0.39, 0.29) is 24.0 Å². The van der Waals surface area contributed by atoms with Crippen LogP contribution in [0.25, 0.3) is 0 Å². The number of carbonyl (C=O) groups is 2. The lowest BCUT2D eigenvalue weighted by Gasteiger charge is -2.34. The molecule has 5 nitrogen and oxygen atoms in total. The molecule has 3 atom stereocenters. The van der Waals surface area contributed by atoms with Crippen LogP contribution in [0.4, 0.5) is 0 Å². The maximum absolute atomic E-state index is 13.1. The Balaban J connectivity index is 1.59. The Morgan fingerprint density at radius 1 is 1.30 bits per heavy atom. The molecule has 3 heterocycles. The minimum absolute atomic E-state index is 0.102. The van der Waals surface area contributed by atoms with Crippen molar-refractivity contribution in [3.63, 3.8) is 0 Å². The Bertz CT molecular complexity index is 834. The van der Waals surface area contributed by atoms with Gasteiger partial charge in [-0.2, -0.15) is 0 Å². The van der Waals surface area contributed by atoms with E-state index in [0.717, 1.165) is 24.1 Å². The summed E-state index contributed by atoms with van der Waals surface area (Å²) in [5.74, 6) is -0.105. The van der Waals surface area contributed by atoms with Crippen LogP contribution < -0.4 is 0 Å². The molecule has 2 aliphatic heterocycles. The van der Waals surface area contributed by atoms with E-state index in [4.69, 9.17) is 4.74 Å². The van der Waals surface area contributed by atoms with Crippen LogP contribution in [0.15, 0.2) is 35.2 Å². The van der Waals surface area contributed by atoms with Gasteiger partial charge in [-0.25, -0.2) is 4.98 Å². The van der Waals surface area contributed by atoms with Gasteiger partial charge in [-0.1, -0.05) is 29.8 Å². The van der Waals surface area contributed by atoms with Crippen molar-refractivity contribution in [2.24, 2.45) is 5.41 Å². The number of methoxy groups -OCH3 is 1. The number of aromatic nitrogens is 1. The molecule has 1 aromatic carbocycles. The molecule has 1 amide bonds. The van der Waals surface area contributed by atoms with E-state index in [2.05, 4.69) is 4.98 Å². The molecule has 0 saturated carbocycles. The molecule has 0 aliphatic carbocycles. The van der Waals surface area contributed by atoms with Crippen molar-refractivity contribution in [2.45, 2.75) is 51.1 Å². The number of nitrogens with zero attached hydrogens (tertiary/aromatic N) is 2. The summed E-state index contributed by atoms with van der Waals surface area (Å²) in [6, 6.07) is 8.09. The molecule has 0 N–H and O–H groups in total. The van der Waals surface area contributed by atoms with Crippen LogP contribution in [0, 0.1) is 12.3 Å². The minimum Gasteiger partial charge on any atom is -0.469 e. The summed E-state index contributed by atoms with van der Waals surface area (Å²) in [6.45, 7) is 2.04. The third kappa shape index (κ3) is 3.16. The molecule has 2 aromatic rings. The molecule has 2 aliphatic rings.